The van der Waals surface area contributed by atoms with Gasteiger partial charge in [-0.05, 0) is 45.1 Å². The first-order chi connectivity index (χ1) is 16.8. The number of para-hydroxylation sites is 1. The Labute approximate surface area is 213 Å². The first-order valence-corrected chi connectivity index (χ1v) is 13.5. The number of hydrogen-bond donors (Lipinski definition) is 3. The second-order valence-corrected chi connectivity index (χ2v) is 11.5. The summed E-state index contributed by atoms with van der Waals surface area (Å²) < 4.78 is 37.4. The monoisotopic (exact) mass is 542 g/mol. The van der Waals surface area contributed by atoms with Gasteiger partial charge in [-0.1, -0.05) is 25.1 Å². The van der Waals surface area contributed by atoms with E-state index >= 15 is 0 Å². The molecule has 11 nitrogen and oxygen atoms in total. The van der Waals surface area contributed by atoms with Crippen LogP contribution in [0, 0.1) is 10.7 Å². The number of aromatic nitrogens is 2. The number of aliphatic hydroxyl groups is 2. The SMILES string of the molecule is CC(C)OC(=O)[C@H](C)CP(=O)(OC[C@H]1O[C@@H](n2ccc(=O)[nH]c2=S)C(C)(O)[C@H]1O)Oc1ccccc1. The van der Waals surface area contributed by atoms with Crippen LogP contribution in [0.1, 0.15) is 33.9 Å². The highest BCUT2D eigenvalue weighted by Gasteiger charge is 2.53. The Balaban J connectivity index is 1.80. The second kappa shape index (κ2) is 11.4. The van der Waals surface area contributed by atoms with Crippen LogP contribution in [0.3, 0.4) is 0 Å². The topological polar surface area (TPSA) is 149 Å². The summed E-state index contributed by atoms with van der Waals surface area (Å²) in [6, 6.07) is 9.52. The van der Waals surface area contributed by atoms with Crippen molar-refractivity contribution >= 4 is 25.8 Å². The Morgan fingerprint density at radius 3 is 2.56 bits per heavy atom. The van der Waals surface area contributed by atoms with E-state index in [1.54, 1.807) is 51.1 Å². The minimum atomic E-state index is -3.97. The molecule has 198 valence electrons. The van der Waals surface area contributed by atoms with E-state index in [0.717, 1.165) is 0 Å². The molecule has 3 N–H and O–H groups in total. The number of aromatic amines is 1. The second-order valence-electron chi connectivity index (χ2n) is 9.10. The molecule has 1 aliphatic heterocycles. The molecule has 0 radical (unpaired) electrons. The van der Waals surface area contributed by atoms with Gasteiger partial charge in [0.1, 0.15) is 23.6 Å². The lowest BCUT2D eigenvalue weighted by Gasteiger charge is -2.28. The molecular formula is C23H31N2O9PS. The molecule has 1 aliphatic rings. The van der Waals surface area contributed by atoms with Crippen molar-refractivity contribution in [1.29, 1.82) is 0 Å². The Kier molecular flexibility index (Phi) is 8.92. The third-order valence-electron chi connectivity index (χ3n) is 5.53. The maximum absolute atomic E-state index is 13.7. The first kappa shape index (κ1) is 28.2. The van der Waals surface area contributed by atoms with Gasteiger partial charge < -0.3 is 24.2 Å². The zero-order valence-corrected chi connectivity index (χ0v) is 22.1. The van der Waals surface area contributed by atoms with Gasteiger partial charge in [-0.25, -0.2) is 4.57 Å². The van der Waals surface area contributed by atoms with Crippen molar-refractivity contribution in [2.45, 2.75) is 57.8 Å². The summed E-state index contributed by atoms with van der Waals surface area (Å²) in [5, 5.41) is 21.7. The molecule has 0 amide bonds. The number of benzene rings is 1. The summed E-state index contributed by atoms with van der Waals surface area (Å²) in [5.41, 5.74) is -2.26. The van der Waals surface area contributed by atoms with E-state index in [1.807, 2.05) is 0 Å². The van der Waals surface area contributed by atoms with Crippen LogP contribution in [-0.2, 0) is 23.4 Å². The van der Waals surface area contributed by atoms with E-state index < -0.39 is 55.7 Å². The fourth-order valence-electron chi connectivity index (χ4n) is 3.69. The number of ether oxygens (including phenoxy) is 2. The van der Waals surface area contributed by atoms with Crippen LogP contribution in [-0.4, -0.2) is 62.4 Å². The fraction of sp³-hybridized carbons (Fsp3) is 0.522. The van der Waals surface area contributed by atoms with Crippen LogP contribution in [0.5, 0.6) is 5.75 Å². The number of nitrogens with zero attached hydrogens (tertiary/aromatic N) is 1. The molecule has 0 bridgehead atoms. The summed E-state index contributed by atoms with van der Waals surface area (Å²) in [5.74, 6) is -1.10. The lowest BCUT2D eigenvalue weighted by molar-refractivity contribution is -0.151. The van der Waals surface area contributed by atoms with Gasteiger partial charge in [0, 0.05) is 12.3 Å². The van der Waals surface area contributed by atoms with E-state index in [0.29, 0.717) is 0 Å². The highest BCUT2D eigenvalue weighted by atomic mass is 32.1. The van der Waals surface area contributed by atoms with Gasteiger partial charge in [-0.3, -0.25) is 23.7 Å². The van der Waals surface area contributed by atoms with Crippen molar-refractivity contribution in [3.05, 3.63) is 57.7 Å². The molecule has 0 aliphatic carbocycles. The zero-order valence-electron chi connectivity index (χ0n) is 20.4. The van der Waals surface area contributed by atoms with Crippen LogP contribution in [0.15, 0.2) is 47.4 Å². The standard InChI is InChI=1S/C23H31N2O9PS/c1-14(2)32-20(28)15(3)13-35(30,34-16-8-6-5-7-9-16)31-12-17-19(27)23(4,29)21(33-17)25-11-10-18(26)24-22(25)36/h5-11,14-15,17,19,21,27,29H,12-13H2,1-4H3,(H,24,26,36)/t15-,17-,19+,21-,23?,35?/m1/s1. The summed E-state index contributed by atoms with van der Waals surface area (Å²) in [6.45, 7) is 5.88. The quantitative estimate of drug-likeness (QED) is 0.232. The number of carbonyl (C=O) groups is 1. The lowest BCUT2D eigenvalue weighted by Crippen LogP contribution is -2.44. The molecule has 0 saturated carbocycles. The summed E-state index contributed by atoms with van der Waals surface area (Å²) in [6.07, 6.45) is -3.08. The number of rotatable bonds is 10. The van der Waals surface area contributed by atoms with Crippen LogP contribution in [0.2, 0.25) is 0 Å². The predicted octanol–water partition coefficient (Wildman–Crippen LogP) is 2.79. The molecule has 2 heterocycles. The third-order valence-corrected chi connectivity index (χ3v) is 7.87. The number of carbonyl (C=O) groups excluding carboxylic acids is 1. The normalized spacial score (nSPS) is 26.4. The average Bonchev–Trinajstić information content (AvgIpc) is 3.01. The van der Waals surface area contributed by atoms with Crippen molar-refractivity contribution in [3.63, 3.8) is 0 Å². The van der Waals surface area contributed by atoms with Crippen molar-refractivity contribution in [1.82, 2.24) is 9.55 Å². The van der Waals surface area contributed by atoms with E-state index in [-0.39, 0.29) is 22.8 Å². The van der Waals surface area contributed by atoms with Gasteiger partial charge in [0.05, 0.1) is 24.8 Å². The Bertz CT molecular complexity index is 1210. The number of nitrogens with one attached hydrogen (secondary N) is 1. The lowest BCUT2D eigenvalue weighted by atomic mass is 9.96. The summed E-state index contributed by atoms with van der Waals surface area (Å²) >= 11 is 5.15. The highest BCUT2D eigenvalue weighted by Crippen LogP contribution is 2.51. The molecule has 3 rings (SSSR count). The molecule has 6 atom stereocenters. The largest absolute Gasteiger partial charge is 0.463 e. The molecule has 1 fully saturated rings. The molecule has 1 aromatic carbocycles. The van der Waals surface area contributed by atoms with E-state index in [1.165, 1.54) is 23.8 Å². The Morgan fingerprint density at radius 2 is 1.94 bits per heavy atom. The predicted molar refractivity (Wildman–Crippen MR) is 132 cm³/mol. The molecule has 0 spiro atoms. The van der Waals surface area contributed by atoms with Gasteiger partial charge in [-0.2, -0.15) is 0 Å². The van der Waals surface area contributed by atoms with Gasteiger partial charge in [-0.15, -0.1) is 0 Å². The molecule has 2 unspecified atom stereocenters. The van der Waals surface area contributed by atoms with Crippen molar-refractivity contribution in [3.8, 4) is 5.75 Å². The zero-order chi connectivity index (χ0) is 26.7. The summed E-state index contributed by atoms with van der Waals surface area (Å²) in [7, 11) is -3.97. The molecule has 1 aromatic heterocycles. The van der Waals surface area contributed by atoms with E-state index in [4.69, 9.17) is 30.7 Å². The molecule has 36 heavy (non-hydrogen) atoms. The Hall–Kier alpha value is -2.34. The molecule has 13 heteroatoms. The maximum Gasteiger partial charge on any atom is 0.380 e. The first-order valence-electron chi connectivity index (χ1n) is 11.4. The molecular weight excluding hydrogens is 511 g/mol. The van der Waals surface area contributed by atoms with Gasteiger partial charge >= 0.3 is 13.6 Å². The number of hydrogen-bond acceptors (Lipinski definition) is 10. The molecule has 1 saturated heterocycles. The minimum Gasteiger partial charge on any atom is -0.463 e. The number of H-pyrrole nitrogens is 1. The minimum absolute atomic E-state index is 0.0166. The number of esters is 1. The van der Waals surface area contributed by atoms with E-state index in [2.05, 4.69) is 4.98 Å². The fourth-order valence-corrected chi connectivity index (χ4v) is 5.82. The smallest absolute Gasteiger partial charge is 0.380 e. The Morgan fingerprint density at radius 1 is 1.28 bits per heavy atom. The van der Waals surface area contributed by atoms with Crippen LogP contribution in [0.25, 0.3) is 0 Å². The van der Waals surface area contributed by atoms with Crippen molar-refractivity contribution in [2.24, 2.45) is 5.92 Å². The van der Waals surface area contributed by atoms with Crippen LogP contribution < -0.4 is 10.1 Å². The van der Waals surface area contributed by atoms with Crippen molar-refractivity contribution < 1.29 is 38.1 Å². The van der Waals surface area contributed by atoms with E-state index in [9.17, 15) is 24.4 Å². The van der Waals surface area contributed by atoms with Gasteiger partial charge in [0.25, 0.3) is 5.56 Å². The van der Waals surface area contributed by atoms with Crippen LogP contribution in [0.4, 0.5) is 0 Å². The number of aliphatic hydroxyl groups excluding tert-OH is 1. The molecule has 2 aromatic rings. The van der Waals surface area contributed by atoms with Gasteiger partial charge in [0.2, 0.25) is 0 Å². The van der Waals surface area contributed by atoms with Crippen molar-refractivity contribution in [2.75, 3.05) is 12.8 Å². The van der Waals surface area contributed by atoms with Gasteiger partial charge in [0.15, 0.2) is 11.0 Å². The third kappa shape index (κ3) is 6.70. The highest BCUT2D eigenvalue weighted by molar-refractivity contribution is 7.71. The maximum atomic E-state index is 13.7. The average molecular weight is 543 g/mol. The summed E-state index contributed by atoms with van der Waals surface area (Å²) in [4.78, 5) is 26.3. The van der Waals surface area contributed by atoms with Crippen LogP contribution >= 0.6 is 19.8 Å².